The third-order valence-corrected chi connectivity index (χ3v) is 5.42. The van der Waals surface area contributed by atoms with Crippen LogP contribution in [-0.4, -0.2) is 36.0 Å². The Morgan fingerprint density at radius 1 is 1.11 bits per heavy atom. The van der Waals surface area contributed by atoms with E-state index in [1.165, 1.54) is 0 Å². The highest BCUT2D eigenvalue weighted by Crippen LogP contribution is 2.41. The molecule has 7 nitrogen and oxygen atoms in total. The van der Waals surface area contributed by atoms with Crippen molar-refractivity contribution >= 4 is 17.7 Å². The van der Waals surface area contributed by atoms with Crippen LogP contribution in [0, 0.1) is 0 Å². The van der Waals surface area contributed by atoms with E-state index in [0.29, 0.717) is 29.9 Å². The van der Waals surface area contributed by atoms with E-state index in [2.05, 4.69) is 5.32 Å². The van der Waals surface area contributed by atoms with Crippen molar-refractivity contribution in [1.82, 2.24) is 10.2 Å². The number of ether oxygens (including phenoxy) is 2. The number of hydrogen-bond donors (Lipinski definition) is 1. The molecule has 0 bridgehead atoms. The zero-order valence-corrected chi connectivity index (χ0v) is 14.4. The topological polar surface area (TPSA) is 84.9 Å². The molecular formula is C20H16N2O5. The highest BCUT2D eigenvalue weighted by molar-refractivity contribution is 6.12. The van der Waals surface area contributed by atoms with Gasteiger partial charge in [0.25, 0.3) is 5.91 Å². The summed E-state index contributed by atoms with van der Waals surface area (Å²) in [6.07, 6.45) is 1.22. The monoisotopic (exact) mass is 364 g/mol. The highest BCUT2D eigenvalue weighted by atomic mass is 16.7. The average Bonchev–Trinajstić information content (AvgIpc) is 3.35. The molecule has 1 unspecified atom stereocenters. The lowest BCUT2D eigenvalue weighted by Gasteiger charge is -2.22. The Kier molecular flexibility index (Phi) is 3.28. The number of aryl methyl sites for hydroxylation is 1. The summed E-state index contributed by atoms with van der Waals surface area (Å²) in [6, 6.07) is 11.9. The first-order chi connectivity index (χ1) is 13.1. The molecule has 1 saturated heterocycles. The van der Waals surface area contributed by atoms with Crippen LogP contribution in [0.2, 0.25) is 0 Å². The number of hydrogen-bond acceptors (Lipinski definition) is 5. The molecule has 3 amide bonds. The Balaban J connectivity index is 1.41. The Labute approximate surface area is 154 Å². The maximum Gasteiger partial charge on any atom is 0.325 e. The summed E-state index contributed by atoms with van der Waals surface area (Å²) in [5.74, 6) is 0.356. The van der Waals surface area contributed by atoms with Crippen molar-refractivity contribution in [2.24, 2.45) is 0 Å². The number of amides is 3. The molecule has 1 atom stereocenters. The molecule has 2 aromatic rings. The third-order valence-electron chi connectivity index (χ3n) is 5.42. The molecule has 136 valence electrons. The van der Waals surface area contributed by atoms with Crippen molar-refractivity contribution in [1.29, 1.82) is 0 Å². The number of nitrogens with zero attached hydrogens (tertiary/aromatic N) is 1. The minimum atomic E-state index is -1.05. The van der Waals surface area contributed by atoms with Crippen LogP contribution in [0.3, 0.4) is 0 Å². The molecule has 7 heteroatoms. The van der Waals surface area contributed by atoms with E-state index in [9.17, 15) is 14.4 Å². The maximum absolute atomic E-state index is 13.1. The number of imide groups is 1. The minimum Gasteiger partial charge on any atom is -0.454 e. The summed E-state index contributed by atoms with van der Waals surface area (Å²) in [7, 11) is 0. The average molecular weight is 364 g/mol. The van der Waals surface area contributed by atoms with E-state index < -0.39 is 11.6 Å². The zero-order valence-electron chi connectivity index (χ0n) is 14.4. The largest absolute Gasteiger partial charge is 0.454 e. The molecule has 2 aliphatic heterocycles. The Morgan fingerprint density at radius 3 is 2.81 bits per heavy atom. The predicted molar refractivity (Wildman–Crippen MR) is 93.6 cm³/mol. The smallest absolute Gasteiger partial charge is 0.325 e. The van der Waals surface area contributed by atoms with Gasteiger partial charge in [-0.15, -0.1) is 0 Å². The first kappa shape index (κ1) is 15.9. The van der Waals surface area contributed by atoms with Crippen LogP contribution < -0.4 is 14.8 Å². The second-order valence-corrected chi connectivity index (χ2v) is 6.88. The lowest BCUT2D eigenvalue weighted by Crippen LogP contribution is -2.42. The second-order valence-electron chi connectivity index (χ2n) is 6.88. The fourth-order valence-electron chi connectivity index (χ4n) is 4.04. The summed E-state index contributed by atoms with van der Waals surface area (Å²) < 4.78 is 10.5. The molecule has 0 radical (unpaired) electrons. The van der Waals surface area contributed by atoms with Gasteiger partial charge in [0.15, 0.2) is 17.3 Å². The quantitative estimate of drug-likeness (QED) is 0.665. The second kappa shape index (κ2) is 5.57. The van der Waals surface area contributed by atoms with Crippen molar-refractivity contribution < 1.29 is 23.9 Å². The van der Waals surface area contributed by atoms with E-state index >= 15 is 0 Å². The summed E-state index contributed by atoms with van der Waals surface area (Å²) in [5, 5.41) is 2.82. The Hall–Kier alpha value is -3.35. The van der Waals surface area contributed by atoms with Gasteiger partial charge in [0.2, 0.25) is 6.79 Å². The number of ketones is 1. The molecule has 1 N–H and O–H groups in total. The van der Waals surface area contributed by atoms with Crippen LogP contribution >= 0.6 is 0 Å². The third kappa shape index (κ3) is 2.24. The first-order valence-electron chi connectivity index (χ1n) is 8.74. The molecule has 3 aliphatic rings. The van der Waals surface area contributed by atoms with Gasteiger partial charge in [-0.2, -0.15) is 0 Å². The molecule has 0 aromatic heterocycles. The summed E-state index contributed by atoms with van der Waals surface area (Å²) in [6.45, 7) is -0.198. The first-order valence-corrected chi connectivity index (χ1v) is 8.74. The lowest BCUT2D eigenvalue weighted by atomic mass is 9.92. The van der Waals surface area contributed by atoms with E-state index in [1.54, 1.807) is 18.2 Å². The molecule has 1 spiro atoms. The van der Waals surface area contributed by atoms with E-state index in [4.69, 9.17) is 9.47 Å². The lowest BCUT2D eigenvalue weighted by molar-refractivity contribution is -0.131. The van der Waals surface area contributed by atoms with Gasteiger partial charge in [0, 0.05) is 5.56 Å². The fourth-order valence-corrected chi connectivity index (χ4v) is 4.04. The standard InChI is InChI=1S/C20H16N2O5/c23-15(13-5-6-16-17(9-13)27-11-26-16)10-22-18(24)20(21-19(22)25)8-7-12-3-1-2-4-14(12)20/h1-6,9H,7-8,10-11H2,(H,21,25). The molecule has 27 heavy (non-hydrogen) atoms. The van der Waals surface area contributed by atoms with E-state index in [0.717, 1.165) is 16.0 Å². The molecular weight excluding hydrogens is 348 g/mol. The van der Waals surface area contributed by atoms with Crippen molar-refractivity contribution in [3.63, 3.8) is 0 Å². The van der Waals surface area contributed by atoms with Gasteiger partial charge in [-0.3, -0.25) is 14.5 Å². The van der Waals surface area contributed by atoms with Gasteiger partial charge >= 0.3 is 6.03 Å². The molecule has 1 aliphatic carbocycles. The van der Waals surface area contributed by atoms with Crippen LogP contribution in [-0.2, 0) is 16.8 Å². The fraction of sp³-hybridized carbons (Fsp3) is 0.250. The normalized spacial score (nSPS) is 22.3. The van der Waals surface area contributed by atoms with Crippen LogP contribution in [0.1, 0.15) is 27.9 Å². The molecule has 2 aromatic carbocycles. The van der Waals surface area contributed by atoms with Gasteiger partial charge in [0.05, 0.1) is 6.54 Å². The molecule has 2 heterocycles. The van der Waals surface area contributed by atoms with Gasteiger partial charge < -0.3 is 14.8 Å². The molecule has 0 saturated carbocycles. The molecule has 1 fully saturated rings. The van der Waals surface area contributed by atoms with E-state index in [-0.39, 0.29) is 25.0 Å². The van der Waals surface area contributed by atoms with Crippen molar-refractivity contribution in [3.8, 4) is 11.5 Å². The summed E-state index contributed by atoms with van der Waals surface area (Å²) in [4.78, 5) is 39.3. The Bertz CT molecular complexity index is 1000. The van der Waals surface area contributed by atoms with Crippen molar-refractivity contribution in [2.75, 3.05) is 13.3 Å². The number of fused-ring (bicyclic) bond motifs is 3. The van der Waals surface area contributed by atoms with Crippen LogP contribution in [0.25, 0.3) is 0 Å². The van der Waals surface area contributed by atoms with Gasteiger partial charge in [-0.1, -0.05) is 24.3 Å². The van der Waals surface area contributed by atoms with Crippen LogP contribution in [0.15, 0.2) is 42.5 Å². The van der Waals surface area contributed by atoms with Crippen LogP contribution in [0.4, 0.5) is 4.79 Å². The number of carbonyl (C=O) groups excluding carboxylic acids is 3. The van der Waals surface area contributed by atoms with Gasteiger partial charge in [-0.05, 0) is 42.2 Å². The number of Topliss-reactive ketones (excluding diaryl/α,β-unsaturated/α-hetero) is 1. The number of rotatable bonds is 3. The number of carbonyl (C=O) groups is 3. The minimum absolute atomic E-state index is 0.113. The maximum atomic E-state index is 13.1. The zero-order chi connectivity index (χ0) is 18.6. The van der Waals surface area contributed by atoms with E-state index in [1.807, 2.05) is 24.3 Å². The summed E-state index contributed by atoms with van der Waals surface area (Å²) in [5.41, 5.74) is 1.19. The van der Waals surface area contributed by atoms with Crippen molar-refractivity contribution in [3.05, 3.63) is 59.2 Å². The molecule has 5 rings (SSSR count). The highest BCUT2D eigenvalue weighted by Gasteiger charge is 2.55. The Morgan fingerprint density at radius 2 is 1.93 bits per heavy atom. The number of benzene rings is 2. The number of nitrogens with one attached hydrogen (secondary N) is 1. The summed E-state index contributed by atoms with van der Waals surface area (Å²) >= 11 is 0. The SMILES string of the molecule is O=C(CN1C(=O)NC2(CCc3ccccc32)C1=O)c1ccc2c(c1)OCO2. The predicted octanol–water partition coefficient (Wildman–Crippen LogP) is 1.99. The number of urea groups is 1. The van der Waals surface area contributed by atoms with Gasteiger partial charge in [0.1, 0.15) is 5.54 Å². The van der Waals surface area contributed by atoms with Crippen molar-refractivity contribution in [2.45, 2.75) is 18.4 Å². The van der Waals surface area contributed by atoms with Crippen LogP contribution in [0.5, 0.6) is 11.5 Å². The van der Waals surface area contributed by atoms with Gasteiger partial charge in [-0.25, -0.2) is 4.79 Å².